The Kier molecular flexibility index (Phi) is 4.81. The van der Waals surface area contributed by atoms with E-state index in [4.69, 9.17) is 11.6 Å². The Morgan fingerprint density at radius 1 is 0.955 bits per heavy atom. The van der Waals surface area contributed by atoms with Gasteiger partial charge in [-0.1, -0.05) is 11.6 Å². The van der Waals surface area contributed by atoms with Crippen molar-refractivity contribution in [2.24, 2.45) is 0 Å². The number of alkyl halides is 9. The van der Waals surface area contributed by atoms with Crippen LogP contribution in [-0.2, 0) is 0 Å². The first-order valence-electron chi connectivity index (χ1n) is 5.17. The smallest absolute Gasteiger partial charge is 0.460 e. The van der Waals surface area contributed by atoms with E-state index < -0.39 is 41.5 Å². The molecule has 1 aromatic rings. The van der Waals surface area contributed by atoms with E-state index in [1.165, 1.54) is 6.07 Å². The lowest BCUT2D eigenvalue weighted by atomic mass is 10.0. The molecule has 0 spiro atoms. The maximum atomic E-state index is 13.1. The second-order valence-electron chi connectivity index (χ2n) is 3.93. The van der Waals surface area contributed by atoms with Crippen LogP contribution in [0.3, 0.4) is 0 Å². The van der Waals surface area contributed by atoms with Crippen molar-refractivity contribution >= 4 is 11.6 Å². The van der Waals surface area contributed by atoms with Gasteiger partial charge in [-0.25, -0.2) is 4.98 Å². The van der Waals surface area contributed by atoms with E-state index in [9.17, 15) is 39.5 Å². The molecule has 126 valence electrons. The number of hydrogen-bond acceptors (Lipinski definition) is 2. The molecular formula is C10H5ClF9NO. The topological polar surface area (TPSA) is 22.1 Å². The van der Waals surface area contributed by atoms with E-state index in [-0.39, 0.29) is 0 Å². The van der Waals surface area contributed by atoms with E-state index >= 15 is 0 Å². The molecule has 0 atom stereocenters. The molecular weight excluding hydrogens is 357 g/mol. The van der Waals surface area contributed by atoms with E-state index in [1.54, 1.807) is 0 Å². The summed E-state index contributed by atoms with van der Waals surface area (Å²) in [6, 6.07) is 2.25. The molecule has 0 amide bonds. The Morgan fingerprint density at radius 2 is 1.50 bits per heavy atom. The minimum atomic E-state index is -6.96. The van der Waals surface area contributed by atoms with Crippen LogP contribution in [0.5, 0.6) is 5.88 Å². The van der Waals surface area contributed by atoms with E-state index in [0.29, 0.717) is 0 Å². The molecule has 0 fully saturated rings. The maximum Gasteiger partial charge on any atom is 0.460 e. The first-order valence-corrected chi connectivity index (χ1v) is 5.55. The number of nitrogens with zero attached hydrogens (tertiary/aromatic N) is 1. The van der Waals surface area contributed by atoms with Crippen LogP contribution in [0, 0.1) is 0 Å². The van der Waals surface area contributed by atoms with Crippen molar-refractivity contribution in [3.05, 3.63) is 23.4 Å². The molecule has 0 saturated carbocycles. The molecule has 1 aromatic heterocycles. The first kappa shape index (κ1) is 18.7. The quantitative estimate of drug-likeness (QED) is 0.716. The summed E-state index contributed by atoms with van der Waals surface area (Å²) in [5.74, 6) is -20.4. The number of rotatable bonds is 5. The Hall–Kier alpha value is -1.39. The van der Waals surface area contributed by atoms with Gasteiger partial charge in [0.05, 0.1) is 0 Å². The summed E-state index contributed by atoms with van der Waals surface area (Å²) < 4.78 is 117. The molecule has 0 aliphatic carbocycles. The lowest BCUT2D eigenvalue weighted by molar-refractivity contribution is -0.398. The predicted molar refractivity (Wildman–Crippen MR) is 55.6 cm³/mol. The molecule has 0 N–H and O–H groups in total. The zero-order valence-electron chi connectivity index (χ0n) is 10.1. The van der Waals surface area contributed by atoms with Gasteiger partial charge in [-0.3, -0.25) is 0 Å². The third-order valence-electron chi connectivity index (χ3n) is 2.32. The number of ether oxygens (including phenoxy) is 1. The fourth-order valence-corrected chi connectivity index (χ4v) is 1.31. The zero-order chi connectivity index (χ0) is 17.4. The molecule has 22 heavy (non-hydrogen) atoms. The van der Waals surface area contributed by atoms with Gasteiger partial charge in [-0.2, -0.15) is 39.5 Å². The van der Waals surface area contributed by atoms with E-state index in [0.717, 1.165) is 12.3 Å². The van der Waals surface area contributed by atoms with Gasteiger partial charge in [0.25, 0.3) is 0 Å². The second kappa shape index (κ2) is 5.67. The van der Waals surface area contributed by atoms with E-state index in [1.807, 2.05) is 0 Å². The molecule has 0 aliphatic heterocycles. The minimum Gasteiger partial charge on any atom is -0.470 e. The molecule has 0 aliphatic rings. The molecule has 0 unspecified atom stereocenters. The molecule has 1 heterocycles. The summed E-state index contributed by atoms with van der Waals surface area (Å²) in [7, 11) is 0. The molecule has 12 heteroatoms. The summed E-state index contributed by atoms with van der Waals surface area (Å²) in [6.07, 6.45) is -5.93. The monoisotopic (exact) mass is 361 g/mol. The van der Waals surface area contributed by atoms with Crippen LogP contribution >= 0.6 is 11.6 Å². The average Bonchev–Trinajstić information content (AvgIpc) is 2.36. The maximum absolute atomic E-state index is 13.1. The molecule has 0 aromatic carbocycles. The highest BCUT2D eigenvalue weighted by molar-refractivity contribution is 6.31. The first-order chi connectivity index (χ1) is 9.74. The van der Waals surface area contributed by atoms with Crippen molar-refractivity contribution in [3.63, 3.8) is 0 Å². The van der Waals surface area contributed by atoms with Crippen molar-refractivity contribution in [2.45, 2.75) is 23.9 Å². The summed E-state index contributed by atoms with van der Waals surface area (Å²) >= 11 is 5.38. The third kappa shape index (κ3) is 3.18. The average molecular weight is 362 g/mol. The van der Waals surface area contributed by atoms with Gasteiger partial charge in [-0.05, 0) is 12.1 Å². The van der Waals surface area contributed by atoms with E-state index in [2.05, 4.69) is 9.72 Å². The van der Waals surface area contributed by atoms with Crippen LogP contribution in [0.1, 0.15) is 0 Å². The van der Waals surface area contributed by atoms with Gasteiger partial charge in [0.2, 0.25) is 5.88 Å². The Bertz CT molecular complexity index is 531. The number of aromatic nitrogens is 1. The highest BCUT2D eigenvalue weighted by atomic mass is 35.5. The normalized spacial score (nSPS) is 14.1. The number of pyridine rings is 1. The van der Waals surface area contributed by atoms with Crippen LogP contribution in [0.25, 0.3) is 0 Å². The summed E-state index contributed by atoms with van der Waals surface area (Å²) in [5, 5.41) is -0.427. The SMILES string of the molecule is FC(F)(F)C(F)(F)C(F)(F)C(F)(F)COc1ncccc1Cl. The van der Waals surface area contributed by atoms with Crippen LogP contribution < -0.4 is 4.74 Å². The molecule has 1 rings (SSSR count). The van der Waals surface area contributed by atoms with Crippen molar-refractivity contribution in [2.75, 3.05) is 6.61 Å². The van der Waals surface area contributed by atoms with Crippen LogP contribution in [0.15, 0.2) is 18.3 Å². The summed E-state index contributed by atoms with van der Waals surface area (Å²) in [4.78, 5) is 3.23. The highest BCUT2D eigenvalue weighted by Gasteiger charge is 2.81. The van der Waals surface area contributed by atoms with Crippen molar-refractivity contribution in [1.82, 2.24) is 4.98 Å². The fraction of sp³-hybridized carbons (Fsp3) is 0.500. The van der Waals surface area contributed by atoms with Gasteiger partial charge in [-0.15, -0.1) is 0 Å². The van der Waals surface area contributed by atoms with Gasteiger partial charge in [0.15, 0.2) is 6.61 Å². The predicted octanol–water partition coefficient (Wildman–Crippen LogP) is 4.58. The minimum absolute atomic E-state index is 0.427. The van der Waals surface area contributed by atoms with Crippen molar-refractivity contribution < 1.29 is 44.3 Å². The van der Waals surface area contributed by atoms with Gasteiger partial charge >= 0.3 is 23.9 Å². The van der Waals surface area contributed by atoms with Crippen molar-refractivity contribution in [3.8, 4) is 5.88 Å². The summed E-state index contributed by atoms with van der Waals surface area (Å²) in [5.41, 5.74) is 0. The van der Waals surface area contributed by atoms with Gasteiger partial charge in [0, 0.05) is 6.20 Å². The Balaban J connectivity index is 3.00. The molecule has 0 radical (unpaired) electrons. The summed E-state index contributed by atoms with van der Waals surface area (Å²) in [6.45, 7) is -2.48. The molecule has 2 nitrogen and oxygen atoms in total. The van der Waals surface area contributed by atoms with Crippen LogP contribution in [0.2, 0.25) is 5.02 Å². The van der Waals surface area contributed by atoms with Crippen LogP contribution in [0.4, 0.5) is 39.5 Å². The molecule has 0 bridgehead atoms. The van der Waals surface area contributed by atoms with Gasteiger partial charge in [0.1, 0.15) is 5.02 Å². The molecule has 0 saturated heterocycles. The highest BCUT2D eigenvalue weighted by Crippen LogP contribution is 2.53. The Morgan fingerprint density at radius 3 is 1.95 bits per heavy atom. The number of halogens is 10. The lowest BCUT2D eigenvalue weighted by Crippen LogP contribution is -2.62. The standard InChI is InChI=1S/C10H5ClF9NO/c11-5-2-1-3-21-6(5)22-4-7(12,13)8(14,15)9(16,17)10(18,19)20/h1-3H,4H2. The van der Waals surface area contributed by atoms with Crippen molar-refractivity contribution in [1.29, 1.82) is 0 Å². The second-order valence-corrected chi connectivity index (χ2v) is 4.34. The lowest BCUT2D eigenvalue weighted by Gasteiger charge is -2.33. The Labute approximate surface area is 121 Å². The van der Waals surface area contributed by atoms with Gasteiger partial charge < -0.3 is 4.74 Å². The zero-order valence-corrected chi connectivity index (χ0v) is 10.8. The van der Waals surface area contributed by atoms with Crippen LogP contribution in [-0.4, -0.2) is 35.5 Å². The number of hydrogen-bond donors (Lipinski definition) is 0. The fourth-order valence-electron chi connectivity index (χ4n) is 1.13. The largest absolute Gasteiger partial charge is 0.470 e. The third-order valence-corrected chi connectivity index (χ3v) is 2.61.